The summed E-state index contributed by atoms with van der Waals surface area (Å²) in [6, 6.07) is 0. The molecule has 0 unspecified atom stereocenters. The molecule has 0 spiro atoms. The number of nitrogens with one attached hydrogen (secondary N) is 2. The molecule has 1 aromatic rings. The molecule has 1 aliphatic carbocycles. The molecule has 0 radical (unpaired) electrons. The van der Waals surface area contributed by atoms with Crippen molar-refractivity contribution in [1.82, 2.24) is 15.3 Å². The van der Waals surface area contributed by atoms with Gasteiger partial charge in [-0.3, -0.25) is 9.59 Å². The number of carbonyl (C=O) groups excluding carboxylic acids is 2. The standard InChI is InChI=1S/C12H16N4O2/c1-3-9-14-6-8(7-15-9)16-11(18)12(4-5-12)10(17)13-2/h6-7H,3-5H2,1-2H3,(H,13,17)(H,16,18). The number of hydrogen-bond donors (Lipinski definition) is 2. The minimum atomic E-state index is -0.891. The summed E-state index contributed by atoms with van der Waals surface area (Å²) in [7, 11) is 1.54. The van der Waals surface area contributed by atoms with Gasteiger partial charge in [-0.05, 0) is 12.8 Å². The average Bonchev–Trinajstić information content (AvgIpc) is 3.20. The Labute approximate surface area is 105 Å². The molecule has 1 saturated carbocycles. The molecule has 18 heavy (non-hydrogen) atoms. The van der Waals surface area contributed by atoms with E-state index in [9.17, 15) is 9.59 Å². The van der Waals surface area contributed by atoms with Crippen molar-refractivity contribution in [3.05, 3.63) is 18.2 Å². The molecule has 2 N–H and O–H groups in total. The second kappa shape index (κ2) is 4.72. The molecule has 0 atom stereocenters. The first-order valence-electron chi connectivity index (χ1n) is 5.97. The maximum Gasteiger partial charge on any atom is 0.240 e. The number of hydrogen-bond acceptors (Lipinski definition) is 4. The van der Waals surface area contributed by atoms with Gasteiger partial charge in [-0.15, -0.1) is 0 Å². The Morgan fingerprint density at radius 1 is 1.28 bits per heavy atom. The summed E-state index contributed by atoms with van der Waals surface area (Å²) in [5.74, 6) is 0.209. The first-order valence-corrected chi connectivity index (χ1v) is 5.97. The van der Waals surface area contributed by atoms with Crippen molar-refractivity contribution < 1.29 is 9.59 Å². The number of amides is 2. The van der Waals surface area contributed by atoms with E-state index in [1.54, 1.807) is 12.4 Å². The van der Waals surface area contributed by atoms with Gasteiger partial charge >= 0.3 is 0 Å². The molecular formula is C12H16N4O2. The zero-order valence-corrected chi connectivity index (χ0v) is 10.5. The zero-order valence-electron chi connectivity index (χ0n) is 10.5. The summed E-state index contributed by atoms with van der Waals surface area (Å²) in [4.78, 5) is 31.8. The molecule has 0 saturated heterocycles. The number of rotatable bonds is 4. The quantitative estimate of drug-likeness (QED) is 0.760. The average molecular weight is 248 g/mol. The summed E-state index contributed by atoms with van der Waals surface area (Å²) in [5, 5.41) is 5.21. The van der Waals surface area contributed by atoms with Crippen LogP contribution in [0.1, 0.15) is 25.6 Å². The Hall–Kier alpha value is -1.98. The molecule has 0 bridgehead atoms. The molecule has 6 nitrogen and oxygen atoms in total. The lowest BCUT2D eigenvalue weighted by Gasteiger charge is -2.13. The van der Waals surface area contributed by atoms with Gasteiger partial charge in [0.1, 0.15) is 11.2 Å². The van der Waals surface area contributed by atoms with Gasteiger partial charge in [0.15, 0.2) is 0 Å². The van der Waals surface area contributed by atoms with Crippen LogP contribution in [0.2, 0.25) is 0 Å². The highest BCUT2D eigenvalue weighted by molar-refractivity contribution is 6.12. The normalized spacial score (nSPS) is 15.9. The van der Waals surface area contributed by atoms with Gasteiger partial charge in [-0.25, -0.2) is 9.97 Å². The Kier molecular flexibility index (Phi) is 3.27. The lowest BCUT2D eigenvalue weighted by atomic mass is 10.1. The van der Waals surface area contributed by atoms with Crippen LogP contribution in [-0.4, -0.2) is 28.8 Å². The predicted octanol–water partition coefficient (Wildman–Crippen LogP) is 0.504. The van der Waals surface area contributed by atoms with Crippen LogP contribution in [0.5, 0.6) is 0 Å². The Morgan fingerprint density at radius 2 is 1.89 bits per heavy atom. The molecule has 1 aromatic heterocycles. The minimum Gasteiger partial charge on any atom is -0.358 e. The number of nitrogens with zero attached hydrogens (tertiary/aromatic N) is 2. The van der Waals surface area contributed by atoms with Gasteiger partial charge in [-0.2, -0.15) is 0 Å². The highest BCUT2D eigenvalue weighted by atomic mass is 16.2. The molecule has 0 aliphatic heterocycles. The van der Waals surface area contributed by atoms with Gasteiger partial charge in [0.2, 0.25) is 11.8 Å². The van der Waals surface area contributed by atoms with Crippen LogP contribution in [0, 0.1) is 5.41 Å². The van der Waals surface area contributed by atoms with Crippen LogP contribution in [0.25, 0.3) is 0 Å². The highest BCUT2D eigenvalue weighted by Gasteiger charge is 2.56. The maximum absolute atomic E-state index is 12.0. The third kappa shape index (κ3) is 2.18. The van der Waals surface area contributed by atoms with Gasteiger partial charge in [0.25, 0.3) is 0 Å². The van der Waals surface area contributed by atoms with Crippen LogP contribution in [0.4, 0.5) is 5.69 Å². The number of aromatic nitrogens is 2. The van der Waals surface area contributed by atoms with Crippen molar-refractivity contribution in [2.24, 2.45) is 5.41 Å². The molecule has 0 aromatic carbocycles. The van der Waals surface area contributed by atoms with E-state index >= 15 is 0 Å². The van der Waals surface area contributed by atoms with Crippen LogP contribution in [0.3, 0.4) is 0 Å². The van der Waals surface area contributed by atoms with E-state index in [1.807, 2.05) is 6.92 Å². The summed E-state index contributed by atoms with van der Waals surface area (Å²) in [5.41, 5.74) is -0.370. The summed E-state index contributed by atoms with van der Waals surface area (Å²) in [6.07, 6.45) is 5.04. The molecule has 1 heterocycles. The Bertz CT molecular complexity index is 465. The van der Waals surface area contributed by atoms with Gasteiger partial charge in [0, 0.05) is 13.5 Å². The van der Waals surface area contributed by atoms with Gasteiger partial charge < -0.3 is 10.6 Å². The van der Waals surface area contributed by atoms with Gasteiger partial charge in [-0.1, -0.05) is 6.92 Å². The van der Waals surface area contributed by atoms with E-state index in [0.29, 0.717) is 18.5 Å². The minimum absolute atomic E-state index is 0.230. The van der Waals surface area contributed by atoms with Crippen LogP contribution in [0.15, 0.2) is 12.4 Å². The molecule has 2 amide bonds. The lowest BCUT2D eigenvalue weighted by Crippen LogP contribution is -2.38. The predicted molar refractivity (Wildman–Crippen MR) is 65.8 cm³/mol. The fraction of sp³-hybridized carbons (Fsp3) is 0.500. The van der Waals surface area contributed by atoms with E-state index in [0.717, 1.165) is 12.2 Å². The number of anilines is 1. The maximum atomic E-state index is 12.0. The zero-order chi connectivity index (χ0) is 13.2. The summed E-state index contributed by atoms with van der Waals surface area (Å²) >= 11 is 0. The number of carbonyl (C=O) groups is 2. The largest absolute Gasteiger partial charge is 0.358 e. The molecule has 6 heteroatoms. The molecule has 1 aliphatic rings. The Balaban J connectivity index is 2.05. The first kappa shape index (κ1) is 12.5. The third-order valence-corrected chi connectivity index (χ3v) is 3.13. The van der Waals surface area contributed by atoms with Crippen molar-refractivity contribution >= 4 is 17.5 Å². The summed E-state index contributed by atoms with van der Waals surface area (Å²) in [6.45, 7) is 1.96. The fourth-order valence-corrected chi connectivity index (χ4v) is 1.77. The fourth-order valence-electron chi connectivity index (χ4n) is 1.77. The SMILES string of the molecule is CCc1ncc(NC(=O)C2(C(=O)NC)CC2)cn1. The summed E-state index contributed by atoms with van der Waals surface area (Å²) < 4.78 is 0. The van der Waals surface area contributed by atoms with E-state index < -0.39 is 5.41 Å². The van der Waals surface area contributed by atoms with Crippen molar-refractivity contribution in [2.45, 2.75) is 26.2 Å². The van der Waals surface area contributed by atoms with Crippen LogP contribution in [-0.2, 0) is 16.0 Å². The van der Waals surface area contributed by atoms with E-state index in [4.69, 9.17) is 0 Å². The van der Waals surface area contributed by atoms with E-state index in [-0.39, 0.29) is 11.8 Å². The monoisotopic (exact) mass is 248 g/mol. The molecule has 2 rings (SSSR count). The van der Waals surface area contributed by atoms with Crippen LogP contribution < -0.4 is 10.6 Å². The molecule has 1 fully saturated rings. The van der Waals surface area contributed by atoms with Crippen molar-refractivity contribution in [2.75, 3.05) is 12.4 Å². The van der Waals surface area contributed by atoms with Gasteiger partial charge in [0.05, 0.1) is 18.1 Å². The lowest BCUT2D eigenvalue weighted by molar-refractivity contribution is -0.134. The second-order valence-electron chi connectivity index (χ2n) is 4.36. The highest BCUT2D eigenvalue weighted by Crippen LogP contribution is 2.46. The second-order valence-corrected chi connectivity index (χ2v) is 4.36. The molecular weight excluding hydrogens is 232 g/mol. The smallest absolute Gasteiger partial charge is 0.240 e. The molecule has 96 valence electrons. The van der Waals surface area contributed by atoms with Crippen molar-refractivity contribution in [1.29, 1.82) is 0 Å². The third-order valence-electron chi connectivity index (χ3n) is 3.13. The van der Waals surface area contributed by atoms with Crippen molar-refractivity contribution in [3.63, 3.8) is 0 Å². The van der Waals surface area contributed by atoms with Crippen LogP contribution >= 0.6 is 0 Å². The van der Waals surface area contributed by atoms with Crippen molar-refractivity contribution in [3.8, 4) is 0 Å². The van der Waals surface area contributed by atoms with E-state index in [1.165, 1.54) is 7.05 Å². The Morgan fingerprint density at radius 3 is 2.33 bits per heavy atom. The van der Waals surface area contributed by atoms with E-state index in [2.05, 4.69) is 20.6 Å². The number of aryl methyl sites for hydroxylation is 1. The first-order chi connectivity index (χ1) is 8.62. The topological polar surface area (TPSA) is 84.0 Å².